The molecule has 8 heteroatoms. The van der Waals surface area contributed by atoms with Crippen LogP contribution >= 0.6 is 39.5 Å². The Labute approximate surface area is 185 Å². The molecule has 0 unspecified atom stereocenters. The second kappa shape index (κ2) is 8.36. The fourth-order valence-electron chi connectivity index (χ4n) is 2.86. The Morgan fingerprint density at radius 3 is 2.76 bits per heavy atom. The third-order valence-corrected chi connectivity index (χ3v) is 6.01. The van der Waals surface area contributed by atoms with E-state index in [-0.39, 0.29) is 11.0 Å². The van der Waals surface area contributed by atoms with Crippen LogP contribution < -0.4 is 10.6 Å². The second-order valence-corrected chi connectivity index (χ2v) is 8.62. The standard InChI is InChI=1S/C21H15BrN4OS2/c1-12-15(20-24-17-6-2-3-8-18(17)29-20)5-4-7-16(12)25-21(28)26-19(27)13-9-14(22)11-23-10-13/h2-11H,1H3,(H2,25,26,27,28). The second-order valence-electron chi connectivity index (χ2n) is 6.26. The van der Waals surface area contributed by atoms with Gasteiger partial charge in [0.1, 0.15) is 5.01 Å². The zero-order valence-electron chi connectivity index (χ0n) is 15.3. The van der Waals surface area contributed by atoms with Crippen LogP contribution in [0.1, 0.15) is 15.9 Å². The summed E-state index contributed by atoms with van der Waals surface area (Å²) < 4.78 is 1.87. The first kappa shape index (κ1) is 19.6. The number of carbonyl (C=O) groups excluding carboxylic acids is 1. The predicted molar refractivity (Wildman–Crippen MR) is 125 cm³/mol. The molecule has 4 rings (SSSR count). The number of amides is 1. The van der Waals surface area contributed by atoms with Crippen molar-refractivity contribution in [2.75, 3.05) is 5.32 Å². The Morgan fingerprint density at radius 1 is 1.14 bits per heavy atom. The van der Waals surface area contributed by atoms with Crippen LogP contribution in [0.3, 0.4) is 0 Å². The molecule has 2 aromatic heterocycles. The van der Waals surface area contributed by atoms with Gasteiger partial charge >= 0.3 is 0 Å². The average molecular weight is 483 g/mol. The van der Waals surface area contributed by atoms with Crippen molar-refractivity contribution in [3.63, 3.8) is 0 Å². The molecule has 0 aliphatic rings. The highest BCUT2D eigenvalue weighted by molar-refractivity contribution is 9.10. The van der Waals surface area contributed by atoms with Crippen molar-refractivity contribution >= 4 is 66.4 Å². The highest BCUT2D eigenvalue weighted by Crippen LogP contribution is 2.34. The van der Waals surface area contributed by atoms with E-state index in [1.807, 2.05) is 43.3 Å². The summed E-state index contributed by atoms with van der Waals surface area (Å²) in [7, 11) is 0. The fourth-order valence-corrected chi connectivity index (χ4v) is 4.47. The summed E-state index contributed by atoms with van der Waals surface area (Å²) in [6.45, 7) is 2.01. The van der Waals surface area contributed by atoms with Crippen LogP contribution in [0.25, 0.3) is 20.8 Å². The molecule has 2 N–H and O–H groups in total. The van der Waals surface area contributed by atoms with E-state index in [0.717, 1.165) is 36.5 Å². The first-order chi connectivity index (χ1) is 14.0. The quantitative estimate of drug-likeness (QED) is 0.374. The minimum Gasteiger partial charge on any atom is -0.332 e. The minimum atomic E-state index is -0.323. The summed E-state index contributed by atoms with van der Waals surface area (Å²) in [5, 5.41) is 6.97. The summed E-state index contributed by atoms with van der Waals surface area (Å²) in [5.74, 6) is -0.323. The number of halogens is 1. The number of fused-ring (bicyclic) bond motifs is 1. The maximum absolute atomic E-state index is 12.4. The number of thiocarbonyl (C=S) groups is 1. The average Bonchev–Trinajstić information content (AvgIpc) is 3.13. The number of rotatable bonds is 3. The molecule has 0 saturated heterocycles. The molecule has 0 fully saturated rings. The van der Waals surface area contributed by atoms with Gasteiger partial charge in [0.15, 0.2) is 5.11 Å². The molecule has 0 bridgehead atoms. The number of benzene rings is 2. The van der Waals surface area contributed by atoms with Crippen LogP contribution in [0.4, 0.5) is 5.69 Å². The molecule has 0 atom stereocenters. The highest BCUT2D eigenvalue weighted by atomic mass is 79.9. The van der Waals surface area contributed by atoms with Crippen molar-refractivity contribution in [2.24, 2.45) is 0 Å². The van der Waals surface area contributed by atoms with E-state index < -0.39 is 0 Å². The number of aromatic nitrogens is 2. The topological polar surface area (TPSA) is 66.9 Å². The van der Waals surface area contributed by atoms with Crippen molar-refractivity contribution in [1.82, 2.24) is 15.3 Å². The van der Waals surface area contributed by atoms with E-state index >= 15 is 0 Å². The molecule has 0 aliphatic heterocycles. The molecule has 29 heavy (non-hydrogen) atoms. The van der Waals surface area contributed by atoms with Crippen LogP contribution in [-0.4, -0.2) is 21.0 Å². The number of hydrogen-bond acceptors (Lipinski definition) is 5. The van der Waals surface area contributed by atoms with Gasteiger partial charge in [0.25, 0.3) is 5.91 Å². The van der Waals surface area contributed by atoms with Crippen LogP contribution in [0.2, 0.25) is 0 Å². The van der Waals surface area contributed by atoms with Crippen LogP contribution in [-0.2, 0) is 0 Å². The van der Waals surface area contributed by atoms with Crippen molar-refractivity contribution in [3.8, 4) is 10.6 Å². The SMILES string of the molecule is Cc1c(NC(=S)NC(=O)c2cncc(Br)c2)cccc1-c1nc2ccccc2s1. The summed E-state index contributed by atoms with van der Waals surface area (Å²) in [5.41, 5.74) is 4.26. The summed E-state index contributed by atoms with van der Waals surface area (Å²) in [4.78, 5) is 21.1. The minimum absolute atomic E-state index is 0.222. The van der Waals surface area contributed by atoms with Gasteiger partial charge in [0.05, 0.1) is 15.8 Å². The maximum atomic E-state index is 12.4. The molecule has 0 spiro atoms. The zero-order valence-corrected chi connectivity index (χ0v) is 18.5. The van der Waals surface area contributed by atoms with Crippen LogP contribution in [0.15, 0.2) is 65.4 Å². The van der Waals surface area contributed by atoms with Gasteiger partial charge in [-0.3, -0.25) is 15.1 Å². The molecule has 0 saturated carbocycles. The third kappa shape index (κ3) is 4.34. The third-order valence-electron chi connectivity index (χ3n) is 4.30. The molecule has 2 aromatic carbocycles. The number of hydrogen-bond donors (Lipinski definition) is 2. The lowest BCUT2D eigenvalue weighted by Gasteiger charge is -2.13. The van der Waals surface area contributed by atoms with Crippen LogP contribution in [0, 0.1) is 6.92 Å². The number of nitrogens with zero attached hydrogens (tertiary/aromatic N) is 2. The van der Waals surface area contributed by atoms with Crippen molar-refractivity contribution in [3.05, 3.63) is 76.5 Å². The Morgan fingerprint density at radius 2 is 1.97 bits per heavy atom. The summed E-state index contributed by atoms with van der Waals surface area (Å²) in [6.07, 6.45) is 3.10. The van der Waals surface area contributed by atoms with Gasteiger partial charge in [0.2, 0.25) is 0 Å². The van der Waals surface area contributed by atoms with Gasteiger partial charge in [0, 0.05) is 28.1 Å². The molecule has 5 nitrogen and oxygen atoms in total. The van der Waals surface area contributed by atoms with E-state index in [0.29, 0.717) is 5.56 Å². The monoisotopic (exact) mass is 482 g/mol. The molecule has 0 radical (unpaired) electrons. The normalized spacial score (nSPS) is 10.7. The lowest BCUT2D eigenvalue weighted by molar-refractivity contribution is 0.0977. The Hall–Kier alpha value is -2.68. The van der Waals surface area contributed by atoms with Gasteiger partial charge in [-0.25, -0.2) is 4.98 Å². The van der Waals surface area contributed by atoms with Crippen molar-refractivity contribution in [1.29, 1.82) is 0 Å². The van der Waals surface area contributed by atoms with E-state index in [1.54, 1.807) is 23.6 Å². The number of nitrogens with one attached hydrogen (secondary N) is 2. The fraction of sp³-hybridized carbons (Fsp3) is 0.0476. The molecular formula is C21H15BrN4OS2. The Balaban J connectivity index is 1.54. The number of pyridine rings is 1. The van der Waals surface area contributed by atoms with E-state index in [4.69, 9.17) is 17.2 Å². The van der Waals surface area contributed by atoms with Gasteiger partial charge in [-0.1, -0.05) is 24.3 Å². The zero-order chi connectivity index (χ0) is 20.4. The number of thiazole rings is 1. The number of para-hydroxylation sites is 1. The molecular weight excluding hydrogens is 468 g/mol. The maximum Gasteiger partial charge on any atom is 0.259 e. The van der Waals surface area contributed by atoms with Crippen LogP contribution in [0.5, 0.6) is 0 Å². The molecule has 1 amide bonds. The van der Waals surface area contributed by atoms with Gasteiger partial charge in [-0.15, -0.1) is 11.3 Å². The smallest absolute Gasteiger partial charge is 0.259 e. The van der Waals surface area contributed by atoms with Gasteiger partial charge in [-0.05, 0) is 64.9 Å². The molecule has 4 aromatic rings. The Kier molecular flexibility index (Phi) is 5.66. The van der Waals surface area contributed by atoms with E-state index in [2.05, 4.69) is 37.6 Å². The first-order valence-electron chi connectivity index (χ1n) is 8.70. The lowest BCUT2D eigenvalue weighted by atomic mass is 10.1. The molecule has 144 valence electrons. The van der Waals surface area contributed by atoms with Gasteiger partial charge in [-0.2, -0.15) is 0 Å². The van der Waals surface area contributed by atoms with E-state index in [9.17, 15) is 4.79 Å². The summed E-state index contributed by atoms with van der Waals surface area (Å²) >= 11 is 10.3. The summed E-state index contributed by atoms with van der Waals surface area (Å²) in [6, 6.07) is 15.7. The highest BCUT2D eigenvalue weighted by Gasteiger charge is 2.13. The molecule has 2 heterocycles. The number of carbonyl (C=O) groups is 1. The lowest BCUT2D eigenvalue weighted by Crippen LogP contribution is -2.34. The van der Waals surface area contributed by atoms with Gasteiger partial charge < -0.3 is 5.32 Å². The Bertz CT molecular complexity index is 1210. The largest absolute Gasteiger partial charge is 0.332 e. The first-order valence-corrected chi connectivity index (χ1v) is 10.7. The predicted octanol–water partition coefficient (Wildman–Crippen LogP) is 5.56. The van der Waals surface area contributed by atoms with E-state index in [1.165, 1.54) is 6.20 Å². The van der Waals surface area contributed by atoms with Crippen molar-refractivity contribution < 1.29 is 4.79 Å². The van der Waals surface area contributed by atoms with Crippen molar-refractivity contribution in [2.45, 2.75) is 6.92 Å². The molecule has 0 aliphatic carbocycles. The number of anilines is 1.